The minimum Gasteiger partial charge on any atom is -0.381 e. The number of pyridine rings is 1. The summed E-state index contributed by atoms with van der Waals surface area (Å²) in [6.07, 6.45) is 9.17. The maximum atomic E-state index is 13.1. The third-order valence-electron chi connectivity index (χ3n) is 5.89. The van der Waals surface area contributed by atoms with E-state index in [0.717, 1.165) is 29.6 Å². The number of benzene rings is 1. The lowest BCUT2D eigenvalue weighted by Gasteiger charge is -2.25. The van der Waals surface area contributed by atoms with Crippen molar-refractivity contribution in [1.29, 1.82) is 0 Å². The van der Waals surface area contributed by atoms with Gasteiger partial charge in [0.25, 0.3) is 5.91 Å². The monoisotopic (exact) mass is 420 g/mol. The Labute approximate surface area is 181 Å². The molecule has 4 rings (SSSR count). The second-order valence-corrected chi connectivity index (χ2v) is 7.93. The molecule has 31 heavy (non-hydrogen) atoms. The highest BCUT2D eigenvalue weighted by Gasteiger charge is 2.22. The van der Waals surface area contributed by atoms with Crippen LogP contribution in [0.5, 0.6) is 0 Å². The van der Waals surface area contributed by atoms with Crippen LogP contribution in [0.3, 0.4) is 0 Å². The summed E-state index contributed by atoms with van der Waals surface area (Å²) in [5.74, 6) is -0.768. The van der Waals surface area contributed by atoms with Crippen LogP contribution in [0.15, 0.2) is 36.7 Å². The van der Waals surface area contributed by atoms with Crippen molar-refractivity contribution in [2.45, 2.75) is 58.2 Å². The highest BCUT2D eigenvalue weighted by atomic mass is 16.2. The van der Waals surface area contributed by atoms with Crippen molar-refractivity contribution in [3.05, 3.63) is 53.3 Å². The number of amides is 2. The van der Waals surface area contributed by atoms with Crippen molar-refractivity contribution in [3.8, 4) is 0 Å². The van der Waals surface area contributed by atoms with Gasteiger partial charge in [-0.05, 0) is 31.4 Å². The van der Waals surface area contributed by atoms with E-state index in [1.807, 2.05) is 17.7 Å². The molecule has 0 radical (unpaired) electrons. The van der Waals surface area contributed by atoms with Crippen LogP contribution in [0.25, 0.3) is 11.0 Å². The first-order valence-corrected chi connectivity index (χ1v) is 10.9. The average Bonchev–Trinajstić information content (AvgIpc) is 3.22. The van der Waals surface area contributed by atoms with Gasteiger partial charge in [-0.25, -0.2) is 9.67 Å². The molecule has 2 amide bonds. The molecule has 2 heterocycles. The number of rotatable bonds is 7. The lowest BCUT2D eigenvalue weighted by atomic mass is 9.95. The minimum atomic E-state index is -0.514. The molecule has 1 aromatic carbocycles. The Balaban J connectivity index is 1.63. The summed E-state index contributed by atoms with van der Waals surface area (Å²) in [4.78, 5) is 29.3. The fourth-order valence-corrected chi connectivity index (χ4v) is 4.22. The van der Waals surface area contributed by atoms with Crippen LogP contribution in [0.2, 0.25) is 0 Å². The van der Waals surface area contributed by atoms with Gasteiger partial charge in [-0.2, -0.15) is 5.10 Å². The predicted molar refractivity (Wildman–Crippen MR) is 120 cm³/mol. The first kappa shape index (κ1) is 20.8. The zero-order valence-electron chi connectivity index (χ0n) is 17.7. The van der Waals surface area contributed by atoms with Crippen LogP contribution in [0, 0.1) is 0 Å². The molecule has 0 aliphatic heterocycles. The number of hydrogen-bond donors (Lipinski definition) is 3. The Morgan fingerprint density at radius 1 is 1.13 bits per heavy atom. The number of nitrogens with zero attached hydrogens (tertiary/aromatic N) is 3. The Bertz CT molecular complexity index is 1100. The molecule has 4 N–H and O–H groups in total. The van der Waals surface area contributed by atoms with Crippen LogP contribution < -0.4 is 16.4 Å². The van der Waals surface area contributed by atoms with Crippen molar-refractivity contribution in [2.24, 2.45) is 5.73 Å². The van der Waals surface area contributed by atoms with Crippen LogP contribution >= 0.6 is 0 Å². The summed E-state index contributed by atoms with van der Waals surface area (Å²) < 4.78 is 1.83. The summed E-state index contributed by atoms with van der Waals surface area (Å²) in [7, 11) is 0. The highest BCUT2D eigenvalue weighted by molar-refractivity contribution is 6.06. The molecule has 0 spiro atoms. The number of fused-ring (bicyclic) bond motifs is 1. The molecule has 2 aromatic heterocycles. The highest BCUT2D eigenvalue weighted by Crippen LogP contribution is 2.30. The van der Waals surface area contributed by atoms with Crippen molar-refractivity contribution in [3.63, 3.8) is 0 Å². The van der Waals surface area contributed by atoms with E-state index in [2.05, 4.69) is 20.7 Å². The third kappa shape index (κ3) is 4.38. The minimum absolute atomic E-state index is 0.201. The zero-order chi connectivity index (χ0) is 21.8. The Morgan fingerprint density at radius 3 is 2.65 bits per heavy atom. The standard InChI is InChI=1S/C23H28N6O2/c1-2-29-22-18(14-27-29)20(28-16-9-4-3-5-10-16)19(13-25-22)23(31)26-12-15-8-6-7-11-17(15)21(24)30/h6-8,11,13-14,16H,2-5,9-10,12H2,1H3,(H2,24,30)(H,25,28)(H,26,31). The molecule has 8 nitrogen and oxygen atoms in total. The topological polar surface area (TPSA) is 115 Å². The molecule has 162 valence electrons. The second kappa shape index (κ2) is 9.16. The van der Waals surface area contributed by atoms with E-state index < -0.39 is 5.91 Å². The summed E-state index contributed by atoms with van der Waals surface area (Å²) in [5, 5.41) is 11.8. The van der Waals surface area contributed by atoms with Crippen molar-refractivity contribution in [1.82, 2.24) is 20.1 Å². The first-order chi connectivity index (χ1) is 15.1. The summed E-state index contributed by atoms with van der Waals surface area (Å²) in [5.41, 5.74) is 8.55. The molecule has 3 aromatic rings. The molecular weight excluding hydrogens is 392 g/mol. The molecule has 0 bridgehead atoms. The van der Waals surface area contributed by atoms with Crippen LogP contribution in [0.4, 0.5) is 5.69 Å². The zero-order valence-corrected chi connectivity index (χ0v) is 17.7. The Morgan fingerprint density at radius 2 is 1.90 bits per heavy atom. The van der Waals surface area contributed by atoms with Gasteiger partial charge in [-0.15, -0.1) is 0 Å². The maximum absolute atomic E-state index is 13.1. The van der Waals surface area contributed by atoms with Crippen molar-refractivity contribution < 1.29 is 9.59 Å². The first-order valence-electron chi connectivity index (χ1n) is 10.9. The molecule has 0 unspecified atom stereocenters. The number of primary amides is 1. The van der Waals surface area contributed by atoms with Gasteiger partial charge in [0.2, 0.25) is 5.91 Å². The van der Waals surface area contributed by atoms with Gasteiger partial charge < -0.3 is 16.4 Å². The summed E-state index contributed by atoms with van der Waals surface area (Å²) in [6.45, 7) is 2.92. The number of hydrogen-bond acceptors (Lipinski definition) is 5. The van der Waals surface area contributed by atoms with Gasteiger partial charge in [0.15, 0.2) is 5.65 Å². The fourth-order valence-electron chi connectivity index (χ4n) is 4.22. The van der Waals surface area contributed by atoms with Gasteiger partial charge in [-0.1, -0.05) is 37.5 Å². The Hall–Kier alpha value is -3.42. The average molecular weight is 421 g/mol. The normalized spacial score (nSPS) is 14.5. The molecule has 1 fully saturated rings. The van der Waals surface area contributed by atoms with E-state index in [0.29, 0.717) is 29.3 Å². The summed E-state index contributed by atoms with van der Waals surface area (Å²) in [6, 6.07) is 7.34. The molecule has 0 atom stereocenters. The third-order valence-corrected chi connectivity index (χ3v) is 5.89. The van der Waals surface area contributed by atoms with Gasteiger partial charge in [0.05, 0.1) is 22.8 Å². The van der Waals surface area contributed by atoms with E-state index in [9.17, 15) is 9.59 Å². The molecule has 1 saturated carbocycles. The van der Waals surface area contributed by atoms with E-state index in [1.165, 1.54) is 19.3 Å². The number of aryl methyl sites for hydroxylation is 1. The SMILES string of the molecule is CCn1ncc2c(NC3CCCCC3)c(C(=O)NCc3ccccc3C(N)=O)cnc21. The van der Waals surface area contributed by atoms with Gasteiger partial charge in [0.1, 0.15) is 0 Å². The van der Waals surface area contributed by atoms with Crippen LogP contribution in [-0.4, -0.2) is 32.6 Å². The number of anilines is 1. The summed E-state index contributed by atoms with van der Waals surface area (Å²) >= 11 is 0. The second-order valence-electron chi connectivity index (χ2n) is 7.93. The van der Waals surface area contributed by atoms with Crippen LogP contribution in [0.1, 0.15) is 65.3 Å². The van der Waals surface area contributed by atoms with Gasteiger partial charge >= 0.3 is 0 Å². The van der Waals surface area contributed by atoms with Gasteiger partial charge in [0, 0.05) is 30.9 Å². The van der Waals surface area contributed by atoms with E-state index in [4.69, 9.17) is 5.73 Å². The molecule has 0 saturated heterocycles. The smallest absolute Gasteiger partial charge is 0.255 e. The number of carbonyl (C=O) groups excluding carboxylic acids is 2. The number of nitrogens with one attached hydrogen (secondary N) is 2. The number of aromatic nitrogens is 3. The maximum Gasteiger partial charge on any atom is 0.255 e. The largest absolute Gasteiger partial charge is 0.381 e. The van der Waals surface area contributed by atoms with Crippen molar-refractivity contribution in [2.75, 3.05) is 5.32 Å². The quantitative estimate of drug-likeness (QED) is 0.543. The lowest BCUT2D eigenvalue weighted by Crippen LogP contribution is -2.28. The van der Waals surface area contributed by atoms with Gasteiger partial charge in [-0.3, -0.25) is 9.59 Å². The fraction of sp³-hybridized carbons (Fsp3) is 0.391. The molecular formula is C23H28N6O2. The number of carbonyl (C=O) groups is 2. The molecule has 1 aliphatic carbocycles. The lowest BCUT2D eigenvalue weighted by molar-refractivity contribution is 0.0946. The van der Waals surface area contributed by atoms with E-state index >= 15 is 0 Å². The van der Waals surface area contributed by atoms with E-state index in [1.54, 1.807) is 30.6 Å². The van der Waals surface area contributed by atoms with Crippen molar-refractivity contribution >= 4 is 28.5 Å². The molecule has 8 heteroatoms. The predicted octanol–water partition coefficient (Wildman–Crippen LogP) is 3.22. The van der Waals surface area contributed by atoms with Crippen LogP contribution in [-0.2, 0) is 13.1 Å². The van der Waals surface area contributed by atoms with E-state index in [-0.39, 0.29) is 12.5 Å². The number of nitrogens with two attached hydrogens (primary N) is 1. The Kier molecular flexibility index (Phi) is 6.16. The molecule has 1 aliphatic rings.